The molecule has 1 aromatic heterocycles. The van der Waals surface area contributed by atoms with Gasteiger partial charge in [-0.05, 0) is 69.2 Å². The number of hydrogen-bond acceptors (Lipinski definition) is 3. The highest BCUT2D eigenvalue weighted by Crippen LogP contribution is 2.23. The van der Waals surface area contributed by atoms with Gasteiger partial charge < -0.3 is 4.90 Å². The van der Waals surface area contributed by atoms with E-state index in [2.05, 4.69) is 10.1 Å². The van der Waals surface area contributed by atoms with Crippen LogP contribution in [0.3, 0.4) is 0 Å². The van der Waals surface area contributed by atoms with Crippen molar-refractivity contribution in [1.82, 2.24) is 14.8 Å². The van der Waals surface area contributed by atoms with Crippen LogP contribution in [0, 0.1) is 20.8 Å². The lowest BCUT2D eigenvalue weighted by Crippen LogP contribution is -2.32. The number of amides is 1. The van der Waals surface area contributed by atoms with Gasteiger partial charge in [0.25, 0.3) is 5.91 Å². The van der Waals surface area contributed by atoms with Crippen molar-refractivity contribution in [2.45, 2.75) is 27.7 Å². The van der Waals surface area contributed by atoms with Crippen LogP contribution < -0.4 is 4.90 Å². The fraction of sp³-hybridized carbons (Fsp3) is 0.250. The van der Waals surface area contributed by atoms with Crippen molar-refractivity contribution >= 4 is 23.2 Å². The summed E-state index contributed by atoms with van der Waals surface area (Å²) in [5.41, 5.74) is 3.85. The van der Waals surface area contributed by atoms with E-state index >= 15 is 0 Å². The summed E-state index contributed by atoms with van der Waals surface area (Å²) in [5.74, 6) is 0.616. The first-order valence-corrected chi connectivity index (χ1v) is 8.87. The molecule has 26 heavy (non-hydrogen) atoms. The number of carbonyl (C=O) groups excluding carboxylic acids is 1. The van der Waals surface area contributed by atoms with Crippen LogP contribution >= 0.6 is 11.6 Å². The van der Waals surface area contributed by atoms with Crippen molar-refractivity contribution in [3.05, 3.63) is 70.3 Å². The number of rotatable bonds is 4. The average molecular weight is 369 g/mol. The van der Waals surface area contributed by atoms with Crippen molar-refractivity contribution in [1.29, 1.82) is 0 Å². The molecular weight excluding hydrogens is 348 g/mol. The van der Waals surface area contributed by atoms with Gasteiger partial charge in [-0.15, -0.1) is 5.10 Å². The van der Waals surface area contributed by atoms with E-state index in [9.17, 15) is 4.79 Å². The van der Waals surface area contributed by atoms with Gasteiger partial charge >= 0.3 is 0 Å². The fourth-order valence-corrected chi connectivity index (χ4v) is 2.99. The van der Waals surface area contributed by atoms with E-state index in [-0.39, 0.29) is 11.7 Å². The largest absolute Gasteiger partial charge is 0.306 e. The first kappa shape index (κ1) is 18.1. The van der Waals surface area contributed by atoms with E-state index in [1.807, 2.05) is 58.0 Å². The number of nitrogens with zero attached hydrogens (tertiary/aromatic N) is 4. The third-order valence-corrected chi connectivity index (χ3v) is 4.50. The highest BCUT2D eigenvalue weighted by molar-refractivity contribution is 6.30. The lowest BCUT2D eigenvalue weighted by Gasteiger charge is -2.22. The third-order valence-electron chi connectivity index (χ3n) is 4.25. The molecule has 0 aliphatic carbocycles. The first-order valence-electron chi connectivity index (χ1n) is 8.49. The number of aromatic nitrogens is 3. The molecule has 0 atom stereocenters. The molecule has 5 nitrogen and oxygen atoms in total. The number of anilines is 1. The van der Waals surface area contributed by atoms with Gasteiger partial charge in [0, 0.05) is 17.3 Å². The van der Waals surface area contributed by atoms with Gasteiger partial charge in [0.1, 0.15) is 5.82 Å². The van der Waals surface area contributed by atoms with Gasteiger partial charge in [-0.25, -0.2) is 9.67 Å². The van der Waals surface area contributed by atoms with Crippen LogP contribution in [0.1, 0.15) is 34.5 Å². The zero-order valence-electron chi connectivity index (χ0n) is 15.3. The summed E-state index contributed by atoms with van der Waals surface area (Å²) in [6.07, 6.45) is 0. The molecule has 1 heterocycles. The van der Waals surface area contributed by atoms with Crippen molar-refractivity contribution in [2.75, 3.05) is 11.4 Å². The van der Waals surface area contributed by atoms with Crippen molar-refractivity contribution in [3.63, 3.8) is 0 Å². The standard InChI is InChI=1S/C20H21ClN4O/c1-5-24(18-12-13(2)6-7-14(18)3)20(26)19-22-15(4)25(23-19)17-10-8-16(21)9-11-17/h6-12H,5H2,1-4H3. The number of aryl methyl sites for hydroxylation is 3. The van der Waals surface area contributed by atoms with Crippen LogP contribution in [0.15, 0.2) is 42.5 Å². The molecule has 3 rings (SSSR count). The SMILES string of the molecule is CCN(C(=O)c1nc(C)n(-c2ccc(Cl)cc2)n1)c1cc(C)ccc1C. The predicted molar refractivity (Wildman–Crippen MR) is 104 cm³/mol. The van der Waals surface area contributed by atoms with Gasteiger partial charge in [0.2, 0.25) is 5.82 Å². The third kappa shape index (κ3) is 3.48. The molecule has 134 valence electrons. The van der Waals surface area contributed by atoms with Crippen LogP contribution in [0.4, 0.5) is 5.69 Å². The summed E-state index contributed by atoms with van der Waals surface area (Å²) < 4.78 is 1.65. The molecular formula is C20H21ClN4O. The van der Waals surface area contributed by atoms with Crippen LogP contribution in [0.5, 0.6) is 0 Å². The normalized spacial score (nSPS) is 10.8. The molecule has 2 aromatic carbocycles. The number of hydrogen-bond donors (Lipinski definition) is 0. The molecule has 0 spiro atoms. The van der Waals surface area contributed by atoms with E-state index in [0.29, 0.717) is 17.4 Å². The van der Waals surface area contributed by atoms with Gasteiger partial charge in [-0.3, -0.25) is 4.79 Å². The quantitative estimate of drug-likeness (QED) is 0.680. The molecule has 6 heteroatoms. The summed E-state index contributed by atoms with van der Waals surface area (Å²) in [6, 6.07) is 13.3. The van der Waals surface area contributed by atoms with E-state index < -0.39 is 0 Å². The van der Waals surface area contributed by atoms with Crippen LogP contribution in [0.2, 0.25) is 5.02 Å². The molecule has 0 saturated carbocycles. The summed E-state index contributed by atoms with van der Waals surface area (Å²) in [7, 11) is 0. The maximum Gasteiger partial charge on any atom is 0.297 e. The highest BCUT2D eigenvalue weighted by Gasteiger charge is 2.23. The minimum Gasteiger partial charge on any atom is -0.306 e. The Labute approximate surface area is 158 Å². The lowest BCUT2D eigenvalue weighted by atomic mass is 10.1. The molecule has 0 N–H and O–H groups in total. The van der Waals surface area contributed by atoms with Crippen molar-refractivity contribution < 1.29 is 4.79 Å². The maximum absolute atomic E-state index is 13.1. The molecule has 0 unspecified atom stereocenters. The average Bonchev–Trinajstić information content (AvgIpc) is 3.01. The Morgan fingerprint density at radius 3 is 2.46 bits per heavy atom. The predicted octanol–water partition coefficient (Wildman–Crippen LogP) is 4.51. The fourth-order valence-electron chi connectivity index (χ4n) is 2.86. The number of carbonyl (C=O) groups is 1. The zero-order valence-corrected chi connectivity index (χ0v) is 16.1. The molecule has 0 aliphatic rings. The molecule has 1 amide bonds. The van der Waals surface area contributed by atoms with E-state index in [0.717, 1.165) is 22.5 Å². The van der Waals surface area contributed by atoms with Crippen molar-refractivity contribution in [3.8, 4) is 5.69 Å². The Kier molecular flexibility index (Phi) is 5.09. The van der Waals surface area contributed by atoms with Crippen molar-refractivity contribution in [2.24, 2.45) is 0 Å². The first-order chi connectivity index (χ1) is 12.4. The van der Waals surface area contributed by atoms with E-state index in [1.54, 1.807) is 21.7 Å². The highest BCUT2D eigenvalue weighted by atomic mass is 35.5. The van der Waals surface area contributed by atoms with Gasteiger partial charge in [-0.2, -0.15) is 0 Å². The van der Waals surface area contributed by atoms with Crippen LogP contribution in [0.25, 0.3) is 5.69 Å². The molecule has 0 radical (unpaired) electrons. The van der Waals surface area contributed by atoms with Crippen LogP contribution in [-0.2, 0) is 0 Å². The second-order valence-electron chi connectivity index (χ2n) is 6.21. The topological polar surface area (TPSA) is 51.0 Å². The molecule has 0 saturated heterocycles. The van der Waals surface area contributed by atoms with Gasteiger partial charge in [0.15, 0.2) is 0 Å². The lowest BCUT2D eigenvalue weighted by molar-refractivity contribution is 0.0978. The smallest absolute Gasteiger partial charge is 0.297 e. The maximum atomic E-state index is 13.1. The van der Waals surface area contributed by atoms with E-state index in [4.69, 9.17) is 11.6 Å². The number of halogens is 1. The zero-order chi connectivity index (χ0) is 18.8. The number of benzene rings is 2. The molecule has 0 bridgehead atoms. The second-order valence-corrected chi connectivity index (χ2v) is 6.65. The van der Waals surface area contributed by atoms with Crippen LogP contribution in [-0.4, -0.2) is 27.2 Å². The van der Waals surface area contributed by atoms with E-state index in [1.165, 1.54) is 0 Å². The summed E-state index contributed by atoms with van der Waals surface area (Å²) in [6.45, 7) is 8.32. The Morgan fingerprint density at radius 1 is 1.12 bits per heavy atom. The summed E-state index contributed by atoms with van der Waals surface area (Å²) in [4.78, 5) is 19.2. The minimum atomic E-state index is -0.211. The summed E-state index contributed by atoms with van der Waals surface area (Å²) in [5, 5.41) is 5.08. The molecule has 0 fully saturated rings. The van der Waals surface area contributed by atoms with Gasteiger partial charge in [-0.1, -0.05) is 23.7 Å². The molecule has 3 aromatic rings. The second kappa shape index (κ2) is 7.30. The Bertz CT molecular complexity index is 947. The summed E-state index contributed by atoms with van der Waals surface area (Å²) >= 11 is 5.94. The monoisotopic (exact) mass is 368 g/mol. The molecule has 0 aliphatic heterocycles. The minimum absolute atomic E-state index is 0.181. The Balaban J connectivity index is 1.97. The Morgan fingerprint density at radius 2 is 1.81 bits per heavy atom. The van der Waals surface area contributed by atoms with Gasteiger partial charge in [0.05, 0.1) is 5.69 Å². The Hall–Kier alpha value is -2.66.